The molecule has 1 aromatic heterocycles. The van der Waals surface area contributed by atoms with Crippen molar-refractivity contribution in [2.45, 2.75) is 13.3 Å². The van der Waals surface area contributed by atoms with Gasteiger partial charge in [-0.1, -0.05) is 48.0 Å². The number of nitrogens with two attached hydrogens (primary N) is 1. The van der Waals surface area contributed by atoms with Gasteiger partial charge in [-0.05, 0) is 31.2 Å². The number of rotatable bonds is 4. The maximum atomic E-state index is 5.80. The summed E-state index contributed by atoms with van der Waals surface area (Å²) in [5.74, 6) is 0. The third-order valence-corrected chi connectivity index (χ3v) is 3.58. The van der Waals surface area contributed by atoms with Crippen LogP contribution in [0.3, 0.4) is 0 Å². The normalized spacial score (nSPS) is 10.8. The second-order valence-corrected chi connectivity index (χ2v) is 5.16. The van der Waals surface area contributed by atoms with Crippen LogP contribution in [-0.4, -0.2) is 16.3 Å². The van der Waals surface area contributed by atoms with Gasteiger partial charge in [-0.25, -0.2) is 4.68 Å². The predicted molar refractivity (Wildman–Crippen MR) is 86.5 cm³/mol. The SMILES string of the molecule is Cc1cccc(-c2cnn(-c3ccccc3)c2CCN)c1. The summed E-state index contributed by atoms with van der Waals surface area (Å²) in [7, 11) is 0. The quantitative estimate of drug-likeness (QED) is 0.794. The third kappa shape index (κ3) is 2.73. The first-order valence-corrected chi connectivity index (χ1v) is 7.19. The van der Waals surface area contributed by atoms with E-state index < -0.39 is 0 Å². The van der Waals surface area contributed by atoms with Crippen molar-refractivity contribution in [1.29, 1.82) is 0 Å². The fourth-order valence-electron chi connectivity index (χ4n) is 2.60. The summed E-state index contributed by atoms with van der Waals surface area (Å²) in [5.41, 5.74) is 11.6. The largest absolute Gasteiger partial charge is 0.330 e. The monoisotopic (exact) mass is 277 g/mol. The molecule has 21 heavy (non-hydrogen) atoms. The van der Waals surface area contributed by atoms with Gasteiger partial charge in [0.15, 0.2) is 0 Å². The molecule has 3 rings (SSSR count). The lowest BCUT2D eigenvalue weighted by atomic mass is 10.0. The summed E-state index contributed by atoms with van der Waals surface area (Å²) in [6.45, 7) is 2.71. The van der Waals surface area contributed by atoms with Crippen molar-refractivity contribution in [3.8, 4) is 16.8 Å². The molecule has 0 atom stereocenters. The van der Waals surface area contributed by atoms with Gasteiger partial charge in [0.1, 0.15) is 0 Å². The first kappa shape index (κ1) is 13.6. The Balaban J connectivity index is 2.12. The van der Waals surface area contributed by atoms with Crippen LogP contribution < -0.4 is 5.73 Å². The molecule has 0 saturated carbocycles. The van der Waals surface area contributed by atoms with Gasteiger partial charge in [0.25, 0.3) is 0 Å². The summed E-state index contributed by atoms with van der Waals surface area (Å²) < 4.78 is 1.99. The van der Waals surface area contributed by atoms with Gasteiger partial charge in [0.2, 0.25) is 0 Å². The summed E-state index contributed by atoms with van der Waals surface area (Å²) in [4.78, 5) is 0. The van der Waals surface area contributed by atoms with Crippen molar-refractivity contribution < 1.29 is 0 Å². The van der Waals surface area contributed by atoms with Crippen molar-refractivity contribution in [3.05, 3.63) is 72.1 Å². The Labute approximate surface area is 125 Å². The molecule has 0 spiro atoms. The Bertz CT molecular complexity index is 729. The third-order valence-electron chi connectivity index (χ3n) is 3.58. The summed E-state index contributed by atoms with van der Waals surface area (Å²) in [6, 6.07) is 18.7. The Morgan fingerprint density at radius 1 is 1.05 bits per heavy atom. The number of hydrogen-bond donors (Lipinski definition) is 1. The van der Waals surface area contributed by atoms with Crippen molar-refractivity contribution in [1.82, 2.24) is 9.78 Å². The Kier molecular flexibility index (Phi) is 3.84. The van der Waals surface area contributed by atoms with E-state index in [-0.39, 0.29) is 0 Å². The van der Waals surface area contributed by atoms with E-state index >= 15 is 0 Å². The maximum Gasteiger partial charge on any atom is 0.0649 e. The highest BCUT2D eigenvalue weighted by atomic mass is 15.3. The van der Waals surface area contributed by atoms with Crippen molar-refractivity contribution in [3.63, 3.8) is 0 Å². The molecule has 2 aromatic carbocycles. The molecule has 0 aliphatic carbocycles. The minimum absolute atomic E-state index is 0.608. The van der Waals surface area contributed by atoms with Crippen LogP contribution in [0, 0.1) is 6.92 Å². The lowest BCUT2D eigenvalue weighted by molar-refractivity contribution is 0.792. The van der Waals surface area contributed by atoms with Crippen LogP contribution in [0.1, 0.15) is 11.3 Å². The summed E-state index contributed by atoms with van der Waals surface area (Å²) >= 11 is 0. The van der Waals surface area contributed by atoms with E-state index in [0.717, 1.165) is 23.4 Å². The molecular weight excluding hydrogens is 258 g/mol. The van der Waals surface area contributed by atoms with Crippen LogP contribution in [0.15, 0.2) is 60.8 Å². The van der Waals surface area contributed by atoms with Crippen molar-refractivity contribution >= 4 is 0 Å². The first-order valence-electron chi connectivity index (χ1n) is 7.19. The van der Waals surface area contributed by atoms with E-state index in [1.54, 1.807) is 0 Å². The molecule has 1 heterocycles. The van der Waals surface area contributed by atoms with Gasteiger partial charge in [-0.15, -0.1) is 0 Å². The smallest absolute Gasteiger partial charge is 0.0649 e. The average molecular weight is 277 g/mol. The minimum Gasteiger partial charge on any atom is -0.330 e. The molecule has 0 aliphatic rings. The van der Waals surface area contributed by atoms with E-state index in [0.29, 0.717) is 6.54 Å². The lowest BCUT2D eigenvalue weighted by Gasteiger charge is -2.09. The molecule has 0 bridgehead atoms. The second kappa shape index (κ2) is 5.94. The van der Waals surface area contributed by atoms with Crippen LogP contribution in [0.4, 0.5) is 0 Å². The highest BCUT2D eigenvalue weighted by Gasteiger charge is 2.13. The number of aromatic nitrogens is 2. The molecule has 2 N–H and O–H groups in total. The van der Waals surface area contributed by atoms with Crippen LogP contribution >= 0.6 is 0 Å². The minimum atomic E-state index is 0.608. The summed E-state index contributed by atoms with van der Waals surface area (Å²) in [6.07, 6.45) is 2.74. The van der Waals surface area contributed by atoms with Gasteiger partial charge in [0, 0.05) is 12.0 Å². The molecular formula is C18H19N3. The highest BCUT2D eigenvalue weighted by Crippen LogP contribution is 2.26. The van der Waals surface area contributed by atoms with E-state index in [2.05, 4.69) is 48.4 Å². The molecule has 0 unspecified atom stereocenters. The van der Waals surface area contributed by atoms with E-state index in [4.69, 9.17) is 5.73 Å². The van der Waals surface area contributed by atoms with Crippen LogP contribution in [-0.2, 0) is 6.42 Å². The number of nitrogens with zero attached hydrogens (tertiary/aromatic N) is 2. The topological polar surface area (TPSA) is 43.8 Å². The lowest BCUT2D eigenvalue weighted by Crippen LogP contribution is -2.09. The second-order valence-electron chi connectivity index (χ2n) is 5.16. The molecule has 0 aliphatic heterocycles. The number of aryl methyl sites for hydroxylation is 1. The first-order chi connectivity index (χ1) is 10.3. The van der Waals surface area contributed by atoms with Crippen molar-refractivity contribution in [2.24, 2.45) is 5.73 Å². The fraction of sp³-hybridized carbons (Fsp3) is 0.167. The maximum absolute atomic E-state index is 5.80. The number of para-hydroxylation sites is 1. The molecule has 0 radical (unpaired) electrons. The number of hydrogen-bond acceptors (Lipinski definition) is 2. The molecule has 3 heteroatoms. The van der Waals surface area contributed by atoms with Gasteiger partial charge < -0.3 is 5.73 Å². The Morgan fingerprint density at radius 3 is 2.57 bits per heavy atom. The number of benzene rings is 2. The summed E-state index contributed by atoms with van der Waals surface area (Å²) in [5, 5.41) is 4.57. The molecule has 3 nitrogen and oxygen atoms in total. The molecule has 106 valence electrons. The Hall–Kier alpha value is -2.39. The Morgan fingerprint density at radius 2 is 1.86 bits per heavy atom. The van der Waals surface area contributed by atoms with Crippen LogP contribution in [0.2, 0.25) is 0 Å². The zero-order valence-corrected chi connectivity index (χ0v) is 12.2. The van der Waals surface area contributed by atoms with E-state index in [1.807, 2.05) is 29.1 Å². The van der Waals surface area contributed by atoms with Crippen LogP contribution in [0.25, 0.3) is 16.8 Å². The average Bonchev–Trinajstić information content (AvgIpc) is 2.92. The fourth-order valence-corrected chi connectivity index (χ4v) is 2.60. The van der Waals surface area contributed by atoms with Gasteiger partial charge >= 0.3 is 0 Å². The van der Waals surface area contributed by atoms with Gasteiger partial charge in [0.05, 0.1) is 17.6 Å². The standard InChI is InChI=1S/C18H19N3/c1-14-6-5-7-15(12-14)17-13-20-21(18(17)10-11-19)16-8-3-2-4-9-16/h2-9,12-13H,10-11,19H2,1H3. The highest BCUT2D eigenvalue weighted by molar-refractivity contribution is 5.67. The van der Waals surface area contributed by atoms with E-state index in [1.165, 1.54) is 11.1 Å². The zero-order valence-electron chi connectivity index (χ0n) is 12.2. The molecule has 3 aromatic rings. The van der Waals surface area contributed by atoms with Crippen molar-refractivity contribution in [2.75, 3.05) is 6.54 Å². The van der Waals surface area contributed by atoms with Gasteiger partial charge in [-0.2, -0.15) is 5.10 Å². The molecule has 0 saturated heterocycles. The zero-order chi connectivity index (χ0) is 14.7. The van der Waals surface area contributed by atoms with Gasteiger partial charge in [-0.3, -0.25) is 0 Å². The predicted octanol–water partition coefficient (Wildman–Crippen LogP) is 3.35. The van der Waals surface area contributed by atoms with E-state index in [9.17, 15) is 0 Å². The van der Waals surface area contributed by atoms with Crippen LogP contribution in [0.5, 0.6) is 0 Å². The molecule has 0 fully saturated rings. The molecule has 0 amide bonds.